The van der Waals surface area contributed by atoms with Gasteiger partial charge in [-0.05, 0) is 42.1 Å². The molecule has 3 aromatic heterocycles. The Bertz CT molecular complexity index is 908. The van der Waals surface area contributed by atoms with Gasteiger partial charge in [0.25, 0.3) is 0 Å². The van der Waals surface area contributed by atoms with Crippen molar-refractivity contribution in [2.24, 2.45) is 0 Å². The second-order valence-electron chi connectivity index (χ2n) is 5.25. The van der Waals surface area contributed by atoms with Gasteiger partial charge in [0.05, 0.1) is 0 Å². The topological polar surface area (TPSA) is 29.3 Å². The van der Waals surface area contributed by atoms with Crippen LogP contribution in [0.4, 0.5) is 11.5 Å². The lowest BCUT2D eigenvalue weighted by molar-refractivity contribution is 1.16. The Kier molecular flexibility index (Phi) is 3.16. The third-order valence-electron chi connectivity index (χ3n) is 3.60. The average Bonchev–Trinajstić information content (AvgIpc) is 3.17. The molecule has 108 valence electrons. The third kappa shape index (κ3) is 2.27. The Hall–Kier alpha value is -2.59. The normalized spacial score (nSPS) is 11.0. The first-order valence-corrected chi connectivity index (χ1v) is 8.09. The zero-order valence-corrected chi connectivity index (χ0v) is 13.0. The number of aryl methyl sites for hydroxylation is 1. The van der Waals surface area contributed by atoms with Gasteiger partial charge in [-0.1, -0.05) is 24.3 Å². The molecule has 1 N–H and O–H groups in total. The molecule has 0 aliphatic rings. The van der Waals surface area contributed by atoms with Crippen LogP contribution in [0.25, 0.3) is 16.9 Å². The molecule has 3 heterocycles. The Balaban J connectivity index is 1.93. The second kappa shape index (κ2) is 5.31. The minimum Gasteiger partial charge on any atom is -0.339 e. The van der Waals surface area contributed by atoms with Crippen LogP contribution < -0.4 is 5.32 Å². The lowest BCUT2D eigenvalue weighted by atomic mass is 10.2. The second-order valence-corrected chi connectivity index (χ2v) is 6.03. The highest BCUT2D eigenvalue weighted by Gasteiger charge is 2.14. The summed E-state index contributed by atoms with van der Waals surface area (Å²) in [5.41, 5.74) is 5.34. The summed E-state index contributed by atoms with van der Waals surface area (Å²) in [7, 11) is 0. The van der Waals surface area contributed by atoms with Crippen molar-refractivity contribution in [2.45, 2.75) is 6.92 Å². The van der Waals surface area contributed by atoms with Gasteiger partial charge in [0.15, 0.2) is 0 Å². The van der Waals surface area contributed by atoms with Crippen LogP contribution in [0.1, 0.15) is 5.56 Å². The summed E-state index contributed by atoms with van der Waals surface area (Å²) >= 11 is 1.69. The number of rotatable bonds is 3. The molecule has 4 heteroatoms. The Labute approximate surface area is 132 Å². The van der Waals surface area contributed by atoms with E-state index in [1.165, 1.54) is 5.56 Å². The number of benzene rings is 1. The van der Waals surface area contributed by atoms with Crippen LogP contribution in [0, 0.1) is 6.92 Å². The molecule has 0 fully saturated rings. The molecule has 22 heavy (non-hydrogen) atoms. The molecule has 0 bridgehead atoms. The average molecular weight is 305 g/mol. The van der Waals surface area contributed by atoms with Crippen LogP contribution >= 0.6 is 11.3 Å². The van der Waals surface area contributed by atoms with Crippen molar-refractivity contribution in [3.63, 3.8) is 0 Å². The molecule has 0 amide bonds. The molecule has 0 aliphatic carbocycles. The Morgan fingerprint density at radius 1 is 1.05 bits per heavy atom. The SMILES string of the molecule is Cc1ccc2nc(-c3ccsc3)c(Nc3ccccc3)n2c1. The van der Waals surface area contributed by atoms with Gasteiger partial charge in [0.1, 0.15) is 17.2 Å². The van der Waals surface area contributed by atoms with Crippen molar-refractivity contribution in [3.8, 4) is 11.3 Å². The lowest BCUT2D eigenvalue weighted by Crippen LogP contribution is -1.97. The molecule has 0 aliphatic heterocycles. The number of fused-ring (bicyclic) bond motifs is 1. The number of para-hydroxylation sites is 1. The van der Waals surface area contributed by atoms with E-state index in [-0.39, 0.29) is 0 Å². The summed E-state index contributed by atoms with van der Waals surface area (Å²) in [5.74, 6) is 1.00. The standard InChI is InChI=1S/C18H15N3S/c1-13-7-8-16-20-17(14-9-10-22-12-14)18(21(16)11-13)19-15-5-3-2-4-6-15/h2-12,19H,1H3. The first-order chi connectivity index (χ1) is 10.8. The van der Waals surface area contributed by atoms with Gasteiger partial charge in [0.2, 0.25) is 0 Å². The van der Waals surface area contributed by atoms with Crippen molar-refractivity contribution in [3.05, 3.63) is 71.1 Å². The van der Waals surface area contributed by atoms with Crippen LogP contribution in [-0.4, -0.2) is 9.38 Å². The lowest BCUT2D eigenvalue weighted by Gasteiger charge is -2.08. The van der Waals surface area contributed by atoms with Crippen LogP contribution in [-0.2, 0) is 0 Å². The van der Waals surface area contributed by atoms with Crippen molar-refractivity contribution >= 4 is 28.5 Å². The van der Waals surface area contributed by atoms with Crippen LogP contribution in [0.3, 0.4) is 0 Å². The van der Waals surface area contributed by atoms with Crippen LogP contribution in [0.2, 0.25) is 0 Å². The van der Waals surface area contributed by atoms with E-state index < -0.39 is 0 Å². The van der Waals surface area contributed by atoms with E-state index in [0.717, 1.165) is 28.4 Å². The van der Waals surface area contributed by atoms with E-state index in [2.05, 4.69) is 63.9 Å². The highest BCUT2D eigenvalue weighted by atomic mass is 32.1. The summed E-state index contributed by atoms with van der Waals surface area (Å²) in [4.78, 5) is 4.80. The molecule has 1 aromatic carbocycles. The molecule has 0 atom stereocenters. The van der Waals surface area contributed by atoms with E-state index in [1.807, 2.05) is 18.2 Å². The van der Waals surface area contributed by atoms with Gasteiger partial charge in [-0.15, -0.1) is 0 Å². The number of nitrogens with zero attached hydrogens (tertiary/aromatic N) is 2. The van der Waals surface area contributed by atoms with E-state index >= 15 is 0 Å². The maximum atomic E-state index is 4.80. The maximum absolute atomic E-state index is 4.80. The number of pyridine rings is 1. The molecule has 0 unspecified atom stereocenters. The summed E-state index contributed by atoms with van der Waals surface area (Å²) in [5, 5.41) is 7.73. The van der Waals surface area contributed by atoms with E-state index in [9.17, 15) is 0 Å². The quantitative estimate of drug-likeness (QED) is 0.569. The van der Waals surface area contributed by atoms with Crippen molar-refractivity contribution in [1.29, 1.82) is 0 Å². The minimum absolute atomic E-state index is 0.949. The van der Waals surface area contributed by atoms with Gasteiger partial charge >= 0.3 is 0 Å². The predicted molar refractivity (Wildman–Crippen MR) is 93.0 cm³/mol. The fourth-order valence-electron chi connectivity index (χ4n) is 2.53. The fraction of sp³-hybridized carbons (Fsp3) is 0.0556. The van der Waals surface area contributed by atoms with Gasteiger partial charge in [-0.2, -0.15) is 11.3 Å². The van der Waals surface area contributed by atoms with Gasteiger partial charge in [-0.25, -0.2) is 4.98 Å². The van der Waals surface area contributed by atoms with E-state index in [4.69, 9.17) is 4.98 Å². The number of hydrogen-bond acceptors (Lipinski definition) is 3. The summed E-state index contributed by atoms with van der Waals surface area (Å²) < 4.78 is 2.12. The van der Waals surface area contributed by atoms with E-state index in [0.29, 0.717) is 0 Å². The molecule has 0 saturated carbocycles. The number of nitrogens with one attached hydrogen (secondary N) is 1. The van der Waals surface area contributed by atoms with Gasteiger partial charge in [0, 0.05) is 22.8 Å². The minimum atomic E-state index is 0.949. The third-order valence-corrected chi connectivity index (χ3v) is 4.28. The van der Waals surface area contributed by atoms with Crippen LogP contribution in [0.5, 0.6) is 0 Å². The Morgan fingerprint density at radius 2 is 1.91 bits per heavy atom. The largest absolute Gasteiger partial charge is 0.339 e. The predicted octanol–water partition coefficient (Wildman–Crippen LogP) is 5.11. The summed E-state index contributed by atoms with van der Waals surface area (Å²) in [6.45, 7) is 2.09. The summed E-state index contributed by atoms with van der Waals surface area (Å²) in [6, 6.07) is 16.5. The Morgan fingerprint density at radius 3 is 2.68 bits per heavy atom. The molecule has 0 spiro atoms. The zero-order chi connectivity index (χ0) is 14.9. The number of thiophene rings is 1. The molecular weight excluding hydrogens is 290 g/mol. The fourth-order valence-corrected chi connectivity index (χ4v) is 3.17. The van der Waals surface area contributed by atoms with Crippen molar-refractivity contribution in [2.75, 3.05) is 5.32 Å². The summed E-state index contributed by atoms with van der Waals surface area (Å²) in [6.07, 6.45) is 2.11. The van der Waals surface area contributed by atoms with Gasteiger partial charge in [-0.3, -0.25) is 4.40 Å². The first kappa shape index (κ1) is 13.1. The number of anilines is 2. The maximum Gasteiger partial charge on any atom is 0.143 e. The number of hydrogen-bond donors (Lipinski definition) is 1. The first-order valence-electron chi connectivity index (χ1n) is 7.14. The van der Waals surface area contributed by atoms with Gasteiger partial charge < -0.3 is 5.32 Å². The molecule has 0 radical (unpaired) electrons. The van der Waals surface area contributed by atoms with Crippen molar-refractivity contribution < 1.29 is 0 Å². The number of imidazole rings is 1. The molecule has 0 saturated heterocycles. The molecular formula is C18H15N3S. The van der Waals surface area contributed by atoms with Crippen LogP contribution in [0.15, 0.2) is 65.5 Å². The molecule has 4 aromatic rings. The monoisotopic (exact) mass is 305 g/mol. The highest BCUT2D eigenvalue weighted by molar-refractivity contribution is 7.08. The molecule has 3 nitrogen and oxygen atoms in total. The smallest absolute Gasteiger partial charge is 0.143 e. The van der Waals surface area contributed by atoms with E-state index in [1.54, 1.807) is 11.3 Å². The highest BCUT2D eigenvalue weighted by Crippen LogP contribution is 2.32. The zero-order valence-electron chi connectivity index (χ0n) is 12.2. The molecule has 4 rings (SSSR count). The number of aromatic nitrogens is 2. The van der Waals surface area contributed by atoms with Crippen molar-refractivity contribution in [1.82, 2.24) is 9.38 Å².